The first-order valence-corrected chi connectivity index (χ1v) is 11.1. The highest BCUT2D eigenvalue weighted by Gasteiger charge is 2.29. The number of amides is 1. The molecule has 1 aliphatic heterocycles. The maximum absolute atomic E-state index is 12.8. The van der Waals surface area contributed by atoms with Crippen LogP contribution in [0.2, 0.25) is 0 Å². The maximum atomic E-state index is 12.8. The number of nitrogens with zero attached hydrogens (tertiary/aromatic N) is 2. The predicted octanol–water partition coefficient (Wildman–Crippen LogP) is 3.94. The topological polar surface area (TPSA) is 82.5 Å². The number of ether oxygens (including phenoxy) is 2. The van der Waals surface area contributed by atoms with E-state index in [0.29, 0.717) is 18.5 Å². The molecule has 1 amide bonds. The molecule has 172 valence electrons. The summed E-state index contributed by atoms with van der Waals surface area (Å²) < 4.78 is 13.0. The van der Waals surface area contributed by atoms with E-state index < -0.39 is 6.04 Å². The van der Waals surface area contributed by atoms with Gasteiger partial charge in [-0.3, -0.25) is 9.48 Å². The van der Waals surface area contributed by atoms with Gasteiger partial charge >= 0.3 is 5.97 Å². The molecule has 7 heteroatoms. The summed E-state index contributed by atoms with van der Waals surface area (Å²) in [6, 6.07) is 13.0. The van der Waals surface area contributed by atoms with E-state index in [-0.39, 0.29) is 18.0 Å². The van der Waals surface area contributed by atoms with Crippen molar-refractivity contribution in [2.75, 3.05) is 13.7 Å². The summed E-state index contributed by atoms with van der Waals surface area (Å²) in [5.41, 5.74) is 6.10. The predicted molar refractivity (Wildman–Crippen MR) is 125 cm³/mol. The molecule has 4 rings (SSSR count). The number of hydrogen-bond donors (Lipinski definition) is 1. The van der Waals surface area contributed by atoms with Crippen molar-refractivity contribution in [3.8, 4) is 16.9 Å². The van der Waals surface area contributed by atoms with Crippen molar-refractivity contribution in [2.45, 2.75) is 46.3 Å². The largest absolute Gasteiger partial charge is 0.487 e. The van der Waals surface area contributed by atoms with Crippen molar-refractivity contribution in [3.05, 3.63) is 70.5 Å². The molecule has 0 unspecified atom stereocenters. The lowest BCUT2D eigenvalue weighted by Crippen LogP contribution is -2.38. The molecule has 3 aromatic rings. The Kier molecular flexibility index (Phi) is 6.22. The monoisotopic (exact) mass is 447 g/mol. The Balaban J connectivity index is 1.52. The summed E-state index contributed by atoms with van der Waals surface area (Å²) in [6.45, 7) is 8.10. The number of benzene rings is 2. The number of methoxy groups -OCH3 is 1. The minimum Gasteiger partial charge on any atom is -0.487 e. The Bertz CT molecular complexity index is 1210. The molecular formula is C26H29N3O4. The van der Waals surface area contributed by atoms with Crippen LogP contribution >= 0.6 is 0 Å². The van der Waals surface area contributed by atoms with Crippen LogP contribution in [0, 0.1) is 20.8 Å². The smallest absolute Gasteiger partial charge is 0.338 e. The van der Waals surface area contributed by atoms with Gasteiger partial charge in [-0.05, 0) is 62.6 Å². The maximum Gasteiger partial charge on any atom is 0.338 e. The van der Waals surface area contributed by atoms with Crippen molar-refractivity contribution in [1.29, 1.82) is 0 Å². The third-order valence-corrected chi connectivity index (χ3v) is 5.96. The Morgan fingerprint density at radius 1 is 1.18 bits per heavy atom. The fourth-order valence-corrected chi connectivity index (χ4v) is 4.42. The molecule has 2 atom stereocenters. The zero-order valence-electron chi connectivity index (χ0n) is 19.6. The van der Waals surface area contributed by atoms with E-state index in [2.05, 4.69) is 16.5 Å². The van der Waals surface area contributed by atoms with Gasteiger partial charge in [-0.1, -0.05) is 24.3 Å². The second-order valence-electron chi connectivity index (χ2n) is 8.57. The van der Waals surface area contributed by atoms with Gasteiger partial charge in [0.15, 0.2) is 0 Å². The second-order valence-corrected chi connectivity index (χ2v) is 8.57. The molecule has 0 aliphatic carbocycles. The molecule has 0 bridgehead atoms. The van der Waals surface area contributed by atoms with Gasteiger partial charge in [0.05, 0.1) is 24.9 Å². The van der Waals surface area contributed by atoms with Crippen LogP contribution in [0.3, 0.4) is 0 Å². The lowest BCUT2D eigenvalue weighted by molar-refractivity contribution is -0.124. The number of carbonyl (C=O) groups is 2. The second kappa shape index (κ2) is 9.10. The molecule has 0 fully saturated rings. The molecule has 33 heavy (non-hydrogen) atoms. The summed E-state index contributed by atoms with van der Waals surface area (Å²) in [5, 5.41) is 7.42. The van der Waals surface area contributed by atoms with E-state index in [1.165, 1.54) is 7.11 Å². The molecule has 1 N–H and O–H groups in total. The van der Waals surface area contributed by atoms with Crippen LogP contribution in [0.25, 0.3) is 11.1 Å². The van der Waals surface area contributed by atoms with Crippen molar-refractivity contribution in [1.82, 2.24) is 15.1 Å². The van der Waals surface area contributed by atoms with Crippen LogP contribution in [-0.4, -0.2) is 41.4 Å². The fourth-order valence-electron chi connectivity index (χ4n) is 4.42. The molecule has 1 aromatic heterocycles. The number of esters is 1. The third kappa shape index (κ3) is 4.49. The highest BCUT2D eigenvalue weighted by atomic mass is 16.5. The summed E-state index contributed by atoms with van der Waals surface area (Å²) in [6.07, 6.45) is 0.487. The van der Waals surface area contributed by atoms with Crippen LogP contribution in [0.15, 0.2) is 42.5 Å². The van der Waals surface area contributed by atoms with Gasteiger partial charge in [0.2, 0.25) is 5.91 Å². The molecule has 2 heterocycles. The van der Waals surface area contributed by atoms with Gasteiger partial charge < -0.3 is 14.8 Å². The summed E-state index contributed by atoms with van der Waals surface area (Å²) in [5.74, 6) is 0.261. The first kappa shape index (κ1) is 22.6. The highest BCUT2D eigenvalue weighted by Crippen LogP contribution is 2.41. The number of fused-ring (bicyclic) bond motifs is 1. The highest BCUT2D eigenvalue weighted by molar-refractivity contribution is 5.98. The number of hydrogen-bond acceptors (Lipinski definition) is 5. The minimum absolute atomic E-state index is 0.104. The van der Waals surface area contributed by atoms with E-state index >= 15 is 0 Å². The Hall–Kier alpha value is -3.61. The molecule has 0 saturated carbocycles. The lowest BCUT2D eigenvalue weighted by atomic mass is 9.94. The van der Waals surface area contributed by atoms with Crippen LogP contribution in [0.4, 0.5) is 0 Å². The van der Waals surface area contributed by atoms with Gasteiger partial charge in [0.1, 0.15) is 17.9 Å². The summed E-state index contributed by atoms with van der Waals surface area (Å²) in [7, 11) is 1.38. The molecule has 1 aliphatic rings. The number of rotatable bonds is 6. The minimum atomic E-state index is -0.410. The Morgan fingerprint density at radius 2 is 1.94 bits per heavy atom. The van der Waals surface area contributed by atoms with E-state index in [0.717, 1.165) is 39.4 Å². The van der Waals surface area contributed by atoms with Crippen LogP contribution in [0.1, 0.15) is 45.8 Å². The lowest BCUT2D eigenvalue weighted by Gasteiger charge is -2.18. The van der Waals surface area contributed by atoms with Gasteiger partial charge in [0, 0.05) is 17.7 Å². The Morgan fingerprint density at radius 3 is 2.64 bits per heavy atom. The van der Waals surface area contributed by atoms with Gasteiger partial charge in [-0.15, -0.1) is 0 Å². The van der Waals surface area contributed by atoms with Crippen LogP contribution in [0.5, 0.6) is 5.75 Å². The summed E-state index contributed by atoms with van der Waals surface area (Å²) in [4.78, 5) is 25.1. The fraction of sp³-hybridized carbons (Fsp3) is 0.346. The molecular weight excluding hydrogens is 418 g/mol. The van der Waals surface area contributed by atoms with E-state index in [1.807, 2.05) is 58.0 Å². The number of carbonyl (C=O) groups excluding carboxylic acids is 2. The van der Waals surface area contributed by atoms with Crippen molar-refractivity contribution in [2.24, 2.45) is 0 Å². The zero-order chi connectivity index (χ0) is 23.7. The Labute approximate surface area is 193 Å². The number of aryl methyl sites for hydroxylation is 3. The van der Waals surface area contributed by atoms with Gasteiger partial charge in [-0.25, -0.2) is 4.79 Å². The van der Waals surface area contributed by atoms with Gasteiger partial charge in [-0.2, -0.15) is 5.10 Å². The van der Waals surface area contributed by atoms with E-state index in [4.69, 9.17) is 9.47 Å². The molecule has 0 radical (unpaired) electrons. The zero-order valence-corrected chi connectivity index (χ0v) is 19.6. The number of aromatic nitrogens is 2. The van der Waals surface area contributed by atoms with Crippen molar-refractivity contribution in [3.63, 3.8) is 0 Å². The molecule has 0 spiro atoms. The van der Waals surface area contributed by atoms with Crippen molar-refractivity contribution < 1.29 is 19.1 Å². The molecule has 2 aromatic carbocycles. The average molecular weight is 448 g/mol. The van der Waals surface area contributed by atoms with Gasteiger partial charge in [0.25, 0.3) is 0 Å². The van der Waals surface area contributed by atoms with Crippen molar-refractivity contribution >= 4 is 11.9 Å². The first-order chi connectivity index (χ1) is 15.8. The van der Waals surface area contributed by atoms with E-state index in [1.54, 1.807) is 10.7 Å². The SMILES string of the molecule is COC(=O)c1ccccc1-c1cc(C)cc2c1O[C@@H](CNC(=O)[C@@H](C)n1nc(C)cc1C)C2. The summed E-state index contributed by atoms with van der Waals surface area (Å²) >= 11 is 0. The first-order valence-electron chi connectivity index (χ1n) is 11.1. The van der Waals surface area contributed by atoms with Crippen LogP contribution in [-0.2, 0) is 16.0 Å². The quantitative estimate of drug-likeness (QED) is 0.579. The number of nitrogens with one attached hydrogen (secondary N) is 1. The standard InChI is InChI=1S/C26H29N3O4/c1-15-10-19-13-20(14-27-25(30)18(4)29-17(3)12-16(2)28-29)33-24(19)23(11-15)21-8-6-7-9-22(21)26(31)32-5/h6-12,18,20H,13-14H2,1-5H3,(H,27,30)/t18-,20-/m1/s1. The third-order valence-electron chi connectivity index (χ3n) is 5.96. The van der Waals surface area contributed by atoms with Crippen LogP contribution < -0.4 is 10.1 Å². The normalized spacial score (nSPS) is 15.5. The average Bonchev–Trinajstić information content (AvgIpc) is 3.37. The van der Waals surface area contributed by atoms with E-state index in [9.17, 15) is 9.59 Å². The molecule has 7 nitrogen and oxygen atoms in total. The molecule has 0 saturated heterocycles.